The van der Waals surface area contributed by atoms with Crippen LogP contribution in [0.25, 0.3) is 10.9 Å². The Morgan fingerprint density at radius 2 is 1.70 bits per heavy atom. The second-order valence-corrected chi connectivity index (χ2v) is 9.63. The molecule has 162 valence electrons. The molecule has 0 radical (unpaired) electrons. The van der Waals surface area contributed by atoms with Gasteiger partial charge in [-0.3, -0.25) is 4.57 Å². The molecule has 8 heteroatoms. The van der Waals surface area contributed by atoms with E-state index in [9.17, 15) is 9.59 Å². The van der Waals surface area contributed by atoms with Gasteiger partial charge >= 0.3 is 19.2 Å². The smallest absolute Gasteiger partial charge is 0.462 e. The number of fused-ring (bicyclic) bond motifs is 1. The summed E-state index contributed by atoms with van der Waals surface area (Å²) in [6.07, 6.45) is 1.51. The van der Waals surface area contributed by atoms with Crippen molar-refractivity contribution in [3.8, 4) is 0 Å². The topological polar surface area (TPSA) is 76.0 Å². The van der Waals surface area contributed by atoms with Crippen molar-refractivity contribution < 1.29 is 28.4 Å². The van der Waals surface area contributed by atoms with Crippen molar-refractivity contribution in [3.63, 3.8) is 0 Å². The highest BCUT2D eigenvalue weighted by Crippen LogP contribution is 2.38. The third kappa shape index (κ3) is 4.25. The summed E-state index contributed by atoms with van der Waals surface area (Å²) in [5, 5.41) is 0.732. The average Bonchev–Trinajstić information content (AvgIpc) is 3.09. The lowest BCUT2D eigenvalue weighted by Crippen LogP contribution is -2.41. The van der Waals surface area contributed by atoms with E-state index in [-0.39, 0.29) is 5.56 Å². The van der Waals surface area contributed by atoms with Crippen LogP contribution in [0.3, 0.4) is 0 Å². The van der Waals surface area contributed by atoms with Gasteiger partial charge in [0.1, 0.15) is 5.60 Å². The number of aromatic nitrogens is 1. The fourth-order valence-electron chi connectivity index (χ4n) is 3.43. The summed E-state index contributed by atoms with van der Waals surface area (Å²) in [7, 11) is 0.876. The van der Waals surface area contributed by atoms with Crippen molar-refractivity contribution in [1.82, 2.24) is 4.57 Å². The molecule has 3 rings (SSSR count). The van der Waals surface area contributed by atoms with E-state index in [0.29, 0.717) is 11.8 Å². The molecule has 1 fully saturated rings. The SMILES string of the molecule is COC(=O)c1cc(CB2OC(C)(C)C(C)(C)O2)cc2ccn(C(=O)OC(C)(C)C)c12. The first-order valence-corrected chi connectivity index (χ1v) is 10.1. The molecule has 0 unspecified atom stereocenters. The highest BCUT2D eigenvalue weighted by atomic mass is 16.7. The maximum atomic E-state index is 12.7. The summed E-state index contributed by atoms with van der Waals surface area (Å²) in [6.45, 7) is 13.4. The summed E-state index contributed by atoms with van der Waals surface area (Å²) in [5.41, 5.74) is 0.0602. The zero-order valence-electron chi connectivity index (χ0n) is 19.0. The predicted molar refractivity (Wildman–Crippen MR) is 115 cm³/mol. The van der Waals surface area contributed by atoms with E-state index in [1.807, 2.05) is 33.8 Å². The molecule has 0 N–H and O–H groups in total. The van der Waals surface area contributed by atoms with Crippen LogP contribution >= 0.6 is 0 Å². The van der Waals surface area contributed by atoms with Gasteiger partial charge < -0.3 is 18.8 Å². The largest absolute Gasteiger partial charge is 0.465 e. The Labute approximate surface area is 177 Å². The van der Waals surface area contributed by atoms with Crippen LogP contribution in [0, 0.1) is 0 Å². The minimum atomic E-state index is -0.657. The Hall–Kier alpha value is -2.32. The molecule has 1 aliphatic heterocycles. The highest BCUT2D eigenvalue weighted by molar-refractivity contribution is 6.45. The van der Waals surface area contributed by atoms with Gasteiger partial charge in [0.15, 0.2) is 0 Å². The lowest BCUT2D eigenvalue weighted by Gasteiger charge is -2.32. The zero-order valence-corrected chi connectivity index (χ0v) is 19.0. The van der Waals surface area contributed by atoms with Crippen molar-refractivity contribution >= 4 is 30.1 Å². The molecular weight excluding hydrogens is 385 g/mol. The van der Waals surface area contributed by atoms with Crippen LogP contribution in [0.4, 0.5) is 4.79 Å². The summed E-state index contributed by atoms with van der Waals surface area (Å²) >= 11 is 0. The van der Waals surface area contributed by atoms with Gasteiger partial charge in [0.2, 0.25) is 0 Å². The molecule has 1 aromatic carbocycles. The van der Waals surface area contributed by atoms with E-state index in [4.69, 9.17) is 18.8 Å². The Morgan fingerprint density at radius 1 is 1.10 bits per heavy atom. The van der Waals surface area contributed by atoms with Gasteiger partial charge in [-0.05, 0) is 66.2 Å². The fraction of sp³-hybridized carbons (Fsp3) is 0.545. The van der Waals surface area contributed by atoms with Crippen molar-refractivity contribution in [2.45, 2.75) is 71.6 Å². The minimum Gasteiger partial charge on any atom is -0.465 e. The number of hydrogen-bond donors (Lipinski definition) is 0. The normalized spacial score (nSPS) is 17.9. The third-order valence-corrected chi connectivity index (χ3v) is 5.54. The Balaban J connectivity index is 2.00. The van der Waals surface area contributed by atoms with Crippen LogP contribution in [0.15, 0.2) is 24.4 Å². The van der Waals surface area contributed by atoms with Gasteiger partial charge in [0.05, 0.1) is 29.4 Å². The van der Waals surface area contributed by atoms with E-state index in [2.05, 4.69) is 0 Å². The zero-order chi connectivity index (χ0) is 22.5. The Kier molecular flexibility index (Phi) is 5.54. The van der Waals surface area contributed by atoms with Gasteiger partial charge in [0, 0.05) is 17.9 Å². The van der Waals surface area contributed by atoms with E-state index in [1.54, 1.807) is 39.1 Å². The highest BCUT2D eigenvalue weighted by Gasteiger charge is 2.50. The molecule has 0 amide bonds. The first-order valence-electron chi connectivity index (χ1n) is 10.1. The molecule has 0 bridgehead atoms. The van der Waals surface area contributed by atoms with Gasteiger partial charge in [-0.2, -0.15) is 0 Å². The van der Waals surface area contributed by atoms with Gasteiger partial charge in [-0.1, -0.05) is 6.07 Å². The molecule has 1 aromatic heterocycles. The van der Waals surface area contributed by atoms with Crippen molar-refractivity contribution in [2.24, 2.45) is 0 Å². The van der Waals surface area contributed by atoms with Crippen molar-refractivity contribution in [3.05, 3.63) is 35.5 Å². The first kappa shape index (κ1) is 22.4. The van der Waals surface area contributed by atoms with Crippen LogP contribution in [-0.2, 0) is 25.1 Å². The number of carbonyl (C=O) groups excluding carboxylic acids is 2. The lowest BCUT2D eigenvalue weighted by atomic mass is 9.80. The molecule has 0 saturated carbocycles. The van der Waals surface area contributed by atoms with Crippen molar-refractivity contribution in [1.29, 1.82) is 0 Å². The average molecular weight is 415 g/mol. The van der Waals surface area contributed by atoms with Crippen LogP contribution < -0.4 is 0 Å². The van der Waals surface area contributed by atoms with Gasteiger partial charge in [0.25, 0.3) is 0 Å². The second-order valence-electron chi connectivity index (χ2n) is 9.63. The summed E-state index contributed by atoms with van der Waals surface area (Å²) in [5.74, 6) is -0.528. The van der Waals surface area contributed by atoms with Crippen LogP contribution in [-0.4, -0.2) is 47.7 Å². The Bertz CT molecular complexity index is 969. The number of nitrogens with zero attached hydrogens (tertiary/aromatic N) is 1. The number of methoxy groups -OCH3 is 1. The van der Waals surface area contributed by atoms with Gasteiger partial charge in [-0.25, -0.2) is 9.59 Å². The number of benzene rings is 1. The summed E-state index contributed by atoms with van der Waals surface area (Å²) < 4.78 is 24.0. The molecule has 0 spiro atoms. The number of ether oxygens (including phenoxy) is 2. The quantitative estimate of drug-likeness (QED) is 0.547. The second kappa shape index (κ2) is 7.43. The van der Waals surface area contributed by atoms with Crippen LogP contribution in [0.1, 0.15) is 64.4 Å². The van der Waals surface area contributed by atoms with Crippen LogP contribution in [0.2, 0.25) is 0 Å². The number of rotatable bonds is 3. The maximum absolute atomic E-state index is 12.7. The summed E-state index contributed by atoms with van der Waals surface area (Å²) in [6, 6.07) is 5.42. The molecule has 0 aliphatic carbocycles. The molecule has 2 heterocycles. The van der Waals surface area contributed by atoms with E-state index in [0.717, 1.165) is 10.9 Å². The van der Waals surface area contributed by atoms with Gasteiger partial charge in [-0.15, -0.1) is 0 Å². The molecule has 30 heavy (non-hydrogen) atoms. The summed E-state index contributed by atoms with van der Waals surface area (Å²) in [4.78, 5) is 25.2. The Morgan fingerprint density at radius 3 is 2.23 bits per heavy atom. The monoisotopic (exact) mass is 415 g/mol. The van der Waals surface area contributed by atoms with E-state index in [1.165, 1.54) is 11.7 Å². The van der Waals surface area contributed by atoms with E-state index >= 15 is 0 Å². The molecule has 1 saturated heterocycles. The number of hydrogen-bond acceptors (Lipinski definition) is 6. The fourth-order valence-corrected chi connectivity index (χ4v) is 3.43. The number of esters is 1. The van der Waals surface area contributed by atoms with Crippen LogP contribution in [0.5, 0.6) is 0 Å². The van der Waals surface area contributed by atoms with E-state index < -0.39 is 36.0 Å². The predicted octanol–water partition coefficient (Wildman–Crippen LogP) is 4.39. The maximum Gasteiger partial charge on any atom is 0.462 e. The molecule has 7 nitrogen and oxygen atoms in total. The standard InChI is InChI=1S/C22H30BNO6/c1-20(2,3)28-19(26)24-10-9-15-11-14(12-16(17(15)24)18(25)27-8)13-23-29-21(4,5)22(6,7)30-23/h9-12H,13H2,1-8H3. The number of carbonyl (C=O) groups is 2. The molecular formula is C22H30BNO6. The minimum absolute atomic E-state index is 0.289. The molecule has 2 aromatic rings. The lowest BCUT2D eigenvalue weighted by molar-refractivity contribution is 0.00578. The molecule has 0 atom stereocenters. The van der Waals surface area contributed by atoms with Crippen molar-refractivity contribution in [2.75, 3.05) is 7.11 Å². The first-order chi connectivity index (χ1) is 13.7. The molecule has 1 aliphatic rings. The third-order valence-electron chi connectivity index (χ3n) is 5.54.